The third kappa shape index (κ3) is 5.57. The van der Waals surface area contributed by atoms with Gasteiger partial charge < -0.3 is 5.11 Å². The molecule has 0 aliphatic carbocycles. The Morgan fingerprint density at radius 3 is 2.25 bits per heavy atom. The maximum absolute atomic E-state index is 13.5. The SMILES string of the molecule is Cc1ccc(/C(O)=C2/C(=O)C(=O)N(c3nnc(SCc4ccc(F)cc4)s3)C2c2ccc(C(C)(C)C)cc2)cc1. The molecule has 1 aliphatic heterocycles. The van der Waals surface area contributed by atoms with Crippen molar-refractivity contribution in [2.75, 3.05) is 4.90 Å². The normalized spacial score (nSPS) is 17.0. The standard InChI is InChI=1S/C31H28FN3O3S2/c1-18-5-9-21(10-6-18)26(36)24-25(20-11-13-22(14-12-20)31(2,3)4)35(28(38)27(24)37)29-33-34-30(40-29)39-17-19-7-15-23(32)16-8-19/h5-16,25,36H,17H2,1-4H3/b26-24-. The second-order valence-electron chi connectivity index (χ2n) is 10.7. The molecule has 1 atom stereocenters. The zero-order valence-electron chi connectivity index (χ0n) is 22.5. The van der Waals surface area contributed by atoms with Crippen molar-refractivity contribution >= 4 is 45.7 Å². The number of carbonyl (C=O) groups is 2. The molecule has 2 heterocycles. The average molecular weight is 574 g/mol. The van der Waals surface area contributed by atoms with E-state index in [4.69, 9.17) is 0 Å². The summed E-state index contributed by atoms with van der Waals surface area (Å²) in [4.78, 5) is 28.2. The van der Waals surface area contributed by atoms with Crippen molar-refractivity contribution in [1.29, 1.82) is 0 Å². The smallest absolute Gasteiger partial charge is 0.301 e. The Morgan fingerprint density at radius 2 is 1.62 bits per heavy atom. The van der Waals surface area contributed by atoms with Crippen LogP contribution in [0.2, 0.25) is 0 Å². The molecule has 4 aromatic rings. The maximum Gasteiger partial charge on any atom is 0.301 e. The number of ketones is 1. The summed E-state index contributed by atoms with van der Waals surface area (Å²) in [5.74, 6) is -1.55. The van der Waals surface area contributed by atoms with E-state index in [9.17, 15) is 19.1 Å². The van der Waals surface area contributed by atoms with E-state index in [0.717, 1.165) is 16.7 Å². The Hall–Kier alpha value is -3.82. The summed E-state index contributed by atoms with van der Waals surface area (Å²) >= 11 is 2.60. The van der Waals surface area contributed by atoms with E-state index in [1.54, 1.807) is 24.3 Å². The van der Waals surface area contributed by atoms with Crippen LogP contribution in [0.5, 0.6) is 0 Å². The number of rotatable bonds is 6. The number of anilines is 1. The molecule has 3 aromatic carbocycles. The van der Waals surface area contributed by atoms with E-state index < -0.39 is 17.7 Å². The molecule has 204 valence electrons. The van der Waals surface area contributed by atoms with Gasteiger partial charge in [0.25, 0.3) is 5.78 Å². The summed E-state index contributed by atoms with van der Waals surface area (Å²) in [5.41, 5.74) is 4.07. The summed E-state index contributed by atoms with van der Waals surface area (Å²) in [5, 5.41) is 20.1. The second-order valence-corrected chi connectivity index (χ2v) is 12.9. The number of thioether (sulfide) groups is 1. The lowest BCUT2D eigenvalue weighted by atomic mass is 9.85. The fraction of sp³-hybridized carbons (Fsp3) is 0.226. The molecule has 1 amide bonds. The predicted octanol–water partition coefficient (Wildman–Crippen LogP) is 7.20. The fourth-order valence-corrected chi connectivity index (χ4v) is 6.28. The molecule has 6 nitrogen and oxygen atoms in total. The number of amides is 1. The molecule has 1 fully saturated rings. The molecular formula is C31H28FN3O3S2. The second kappa shape index (κ2) is 11.0. The lowest BCUT2D eigenvalue weighted by Gasteiger charge is -2.24. The number of hydrogen-bond donors (Lipinski definition) is 1. The summed E-state index contributed by atoms with van der Waals surface area (Å²) < 4.78 is 13.9. The zero-order valence-corrected chi connectivity index (χ0v) is 24.1. The number of aliphatic hydroxyl groups is 1. The first-order valence-electron chi connectivity index (χ1n) is 12.7. The van der Waals surface area contributed by atoms with Gasteiger partial charge in [0.15, 0.2) is 4.34 Å². The van der Waals surface area contributed by atoms with Crippen molar-refractivity contribution in [2.45, 2.75) is 49.2 Å². The molecule has 40 heavy (non-hydrogen) atoms. The van der Waals surface area contributed by atoms with Crippen LogP contribution in [0.25, 0.3) is 5.76 Å². The topological polar surface area (TPSA) is 83.4 Å². The van der Waals surface area contributed by atoms with Crippen LogP contribution in [0.1, 0.15) is 54.6 Å². The molecule has 0 bridgehead atoms. The third-order valence-corrected chi connectivity index (χ3v) is 8.87. The lowest BCUT2D eigenvalue weighted by molar-refractivity contribution is -0.132. The number of carbonyl (C=O) groups excluding carboxylic acids is 2. The predicted molar refractivity (Wildman–Crippen MR) is 157 cm³/mol. The number of hydrogen-bond acceptors (Lipinski definition) is 7. The van der Waals surface area contributed by atoms with Gasteiger partial charge in [0.1, 0.15) is 11.6 Å². The Labute approximate surface area is 240 Å². The molecule has 1 aliphatic rings. The highest BCUT2D eigenvalue weighted by atomic mass is 32.2. The molecule has 1 unspecified atom stereocenters. The Balaban J connectivity index is 1.54. The minimum atomic E-state index is -0.877. The van der Waals surface area contributed by atoms with Crippen LogP contribution in [0.3, 0.4) is 0 Å². The Bertz CT molecular complexity index is 1590. The van der Waals surface area contributed by atoms with Gasteiger partial charge in [0.05, 0.1) is 11.6 Å². The molecule has 0 spiro atoms. The van der Waals surface area contributed by atoms with E-state index in [-0.39, 0.29) is 27.7 Å². The Morgan fingerprint density at radius 1 is 0.975 bits per heavy atom. The van der Waals surface area contributed by atoms with Gasteiger partial charge in [0.2, 0.25) is 5.13 Å². The van der Waals surface area contributed by atoms with Crippen LogP contribution in [0, 0.1) is 12.7 Å². The van der Waals surface area contributed by atoms with Crippen molar-refractivity contribution in [3.8, 4) is 0 Å². The highest BCUT2D eigenvalue weighted by molar-refractivity contribution is 8.00. The average Bonchev–Trinajstić information content (AvgIpc) is 3.50. The molecule has 0 saturated carbocycles. The quantitative estimate of drug-likeness (QED) is 0.0863. The first-order valence-corrected chi connectivity index (χ1v) is 14.5. The van der Waals surface area contributed by atoms with E-state index in [1.807, 2.05) is 43.3 Å². The number of aryl methyl sites for hydroxylation is 1. The molecule has 0 radical (unpaired) electrons. The third-order valence-electron chi connectivity index (χ3n) is 6.74. The highest BCUT2D eigenvalue weighted by Crippen LogP contribution is 2.44. The Kier molecular flexibility index (Phi) is 7.61. The van der Waals surface area contributed by atoms with Crippen molar-refractivity contribution in [1.82, 2.24) is 10.2 Å². The summed E-state index contributed by atoms with van der Waals surface area (Å²) in [6.07, 6.45) is 0. The van der Waals surface area contributed by atoms with Crippen molar-refractivity contribution in [2.24, 2.45) is 0 Å². The van der Waals surface area contributed by atoms with Crippen LogP contribution in [0.4, 0.5) is 9.52 Å². The van der Waals surface area contributed by atoms with Crippen molar-refractivity contribution < 1.29 is 19.1 Å². The first-order chi connectivity index (χ1) is 19.0. The monoisotopic (exact) mass is 573 g/mol. The van der Waals surface area contributed by atoms with Crippen LogP contribution in [0.15, 0.2) is 82.7 Å². The fourth-order valence-electron chi connectivity index (χ4n) is 4.46. The van der Waals surface area contributed by atoms with Gasteiger partial charge in [-0.05, 0) is 41.2 Å². The van der Waals surface area contributed by atoms with Crippen LogP contribution in [-0.2, 0) is 20.8 Å². The van der Waals surface area contributed by atoms with E-state index in [1.165, 1.54) is 40.1 Å². The lowest BCUT2D eigenvalue weighted by Crippen LogP contribution is -2.29. The maximum atomic E-state index is 13.5. The molecule has 5 rings (SSSR count). The largest absolute Gasteiger partial charge is 0.507 e. The number of Topliss-reactive ketones (excluding diaryl/α,β-unsaturated/α-hetero) is 1. The minimum absolute atomic E-state index is 0.00748. The summed E-state index contributed by atoms with van der Waals surface area (Å²) in [6, 6.07) is 20.2. The zero-order chi connectivity index (χ0) is 28.6. The van der Waals surface area contributed by atoms with Crippen LogP contribution >= 0.6 is 23.1 Å². The van der Waals surface area contributed by atoms with Gasteiger partial charge in [-0.1, -0.05) is 110 Å². The highest BCUT2D eigenvalue weighted by Gasteiger charge is 2.48. The number of aliphatic hydroxyl groups excluding tert-OH is 1. The minimum Gasteiger partial charge on any atom is -0.507 e. The number of halogens is 1. The van der Waals surface area contributed by atoms with Gasteiger partial charge in [-0.2, -0.15) is 0 Å². The molecule has 9 heteroatoms. The number of nitrogens with zero attached hydrogens (tertiary/aromatic N) is 3. The van der Waals surface area contributed by atoms with Gasteiger partial charge in [-0.15, -0.1) is 10.2 Å². The molecular weight excluding hydrogens is 545 g/mol. The van der Waals surface area contributed by atoms with Gasteiger partial charge >= 0.3 is 5.91 Å². The number of aromatic nitrogens is 2. The molecule has 1 aromatic heterocycles. The van der Waals surface area contributed by atoms with Crippen molar-refractivity contribution in [3.05, 3.63) is 112 Å². The van der Waals surface area contributed by atoms with E-state index >= 15 is 0 Å². The summed E-state index contributed by atoms with van der Waals surface area (Å²) in [6.45, 7) is 8.26. The summed E-state index contributed by atoms with van der Waals surface area (Å²) in [7, 11) is 0. The van der Waals surface area contributed by atoms with Crippen LogP contribution in [-0.4, -0.2) is 27.0 Å². The van der Waals surface area contributed by atoms with Gasteiger partial charge in [-0.3, -0.25) is 14.5 Å². The van der Waals surface area contributed by atoms with Gasteiger partial charge in [0, 0.05) is 11.3 Å². The van der Waals surface area contributed by atoms with Crippen LogP contribution < -0.4 is 4.90 Å². The molecule has 1 saturated heterocycles. The van der Waals surface area contributed by atoms with E-state index in [2.05, 4.69) is 31.0 Å². The first kappa shape index (κ1) is 27.7. The number of benzene rings is 3. The van der Waals surface area contributed by atoms with Crippen molar-refractivity contribution in [3.63, 3.8) is 0 Å². The molecule has 1 N–H and O–H groups in total. The van der Waals surface area contributed by atoms with E-state index in [0.29, 0.717) is 21.2 Å². The van der Waals surface area contributed by atoms with Gasteiger partial charge in [-0.25, -0.2) is 4.39 Å².